The van der Waals surface area contributed by atoms with Gasteiger partial charge in [0, 0.05) is 28.4 Å². The number of carbonyl (C=O) groups is 4. The summed E-state index contributed by atoms with van der Waals surface area (Å²) in [6.45, 7) is 8.97. The molecule has 1 aromatic heterocycles. The van der Waals surface area contributed by atoms with E-state index >= 15 is 0 Å². The second-order valence-electron chi connectivity index (χ2n) is 13.9. The summed E-state index contributed by atoms with van der Waals surface area (Å²) in [5.41, 5.74) is -7.33. The molecule has 3 aliphatic heterocycles. The maximum atomic E-state index is 14.8. The Morgan fingerprint density at radius 2 is 1.90 bits per heavy atom. The Morgan fingerprint density at radius 3 is 2.55 bits per heavy atom. The number of allylic oxidation sites excluding steroid dienone is 1. The molecule has 1 aromatic rings. The number of Topliss-reactive ketones (excluding diaryl/α,β-unsaturated/α-hetero) is 1. The zero-order chi connectivity index (χ0) is 30.3. The van der Waals surface area contributed by atoms with Crippen molar-refractivity contribution in [2.75, 3.05) is 7.11 Å². The molecule has 0 aromatic carbocycles. The van der Waals surface area contributed by atoms with E-state index in [0.717, 1.165) is 0 Å². The fourth-order valence-corrected chi connectivity index (χ4v) is 10.1. The molecule has 0 radical (unpaired) electrons. The van der Waals surface area contributed by atoms with E-state index < -0.39 is 93.0 Å². The van der Waals surface area contributed by atoms with Crippen LogP contribution in [0.1, 0.15) is 65.5 Å². The number of carbonyl (C=O) groups excluding carboxylic acids is 4. The highest BCUT2D eigenvalue weighted by molar-refractivity contribution is 6.01. The van der Waals surface area contributed by atoms with Gasteiger partial charge >= 0.3 is 17.9 Å². The van der Waals surface area contributed by atoms with Crippen molar-refractivity contribution in [2.24, 2.45) is 28.1 Å². The van der Waals surface area contributed by atoms with Crippen molar-refractivity contribution in [1.82, 2.24) is 0 Å². The summed E-state index contributed by atoms with van der Waals surface area (Å²) in [5.74, 6) is -3.61. The zero-order valence-corrected chi connectivity index (χ0v) is 24.5. The fraction of sp³-hybridized carbons (Fsp3) is 0.677. The lowest BCUT2D eigenvalue weighted by molar-refractivity contribution is -0.247. The molecule has 3 aliphatic carbocycles. The zero-order valence-electron chi connectivity index (χ0n) is 24.5. The van der Waals surface area contributed by atoms with Crippen LogP contribution in [0.5, 0.6) is 0 Å². The van der Waals surface area contributed by atoms with Crippen LogP contribution in [0, 0.1) is 28.1 Å². The molecule has 0 amide bonds. The molecule has 11 nitrogen and oxygen atoms in total. The van der Waals surface area contributed by atoms with Gasteiger partial charge in [-0.25, -0.2) is 4.79 Å². The van der Waals surface area contributed by atoms with Crippen molar-refractivity contribution in [3.8, 4) is 0 Å². The van der Waals surface area contributed by atoms with Crippen LogP contribution >= 0.6 is 0 Å². The number of epoxide rings is 2. The van der Waals surface area contributed by atoms with Gasteiger partial charge in [-0.3, -0.25) is 14.4 Å². The average Bonchev–Trinajstić information content (AvgIpc) is 3.80. The Morgan fingerprint density at radius 1 is 1.17 bits per heavy atom. The number of aliphatic hydroxyl groups is 1. The maximum absolute atomic E-state index is 14.8. The van der Waals surface area contributed by atoms with Crippen LogP contribution in [0.3, 0.4) is 0 Å². The summed E-state index contributed by atoms with van der Waals surface area (Å²) in [6.07, 6.45) is 2.40. The highest BCUT2D eigenvalue weighted by Gasteiger charge is 3.02. The van der Waals surface area contributed by atoms with Gasteiger partial charge in [-0.15, -0.1) is 0 Å². The van der Waals surface area contributed by atoms with Gasteiger partial charge in [0.15, 0.2) is 11.4 Å². The SMILES string of the molecule is CC=CC(=O)OC1C(C)(C)C(CC(=O)OC)C2(C)C(=O)C1(O)C1OC13C1CC(=O)OC(c4ccoc4)C1(C)CC1OC123. The van der Waals surface area contributed by atoms with Crippen LogP contribution < -0.4 is 0 Å². The molecule has 42 heavy (non-hydrogen) atoms. The summed E-state index contributed by atoms with van der Waals surface area (Å²) in [7, 11) is 1.27. The Bertz CT molecular complexity index is 1430. The standard InChI is InChI=1S/C31H36O11/c1-7-8-19(32)40-24-26(2,3)16(11-20(33)37-6)28(5)23(35)29(24,36)25-30(42-25)17-12-21(34)39-22(15-9-10-38-14-15)27(17,4)13-18-31(28,30)41-18/h7-10,14,16-18,22,24-25,36H,11-13H2,1-6H3. The predicted octanol–water partition coefficient (Wildman–Crippen LogP) is 2.60. The largest absolute Gasteiger partial charge is 0.472 e. The highest BCUT2D eigenvalue weighted by atomic mass is 16.7. The van der Waals surface area contributed by atoms with Crippen molar-refractivity contribution in [2.45, 2.75) is 95.1 Å². The lowest BCUT2D eigenvalue weighted by Gasteiger charge is -2.65. The van der Waals surface area contributed by atoms with Crippen LogP contribution in [0.2, 0.25) is 0 Å². The van der Waals surface area contributed by atoms with E-state index in [1.165, 1.54) is 25.5 Å². The molecule has 1 N–H and O–H groups in total. The first-order valence-electron chi connectivity index (χ1n) is 14.5. The Balaban J connectivity index is 1.44. The van der Waals surface area contributed by atoms with Gasteiger partial charge in [0.1, 0.15) is 29.5 Å². The number of cyclic esters (lactones) is 1. The first-order chi connectivity index (χ1) is 19.7. The van der Waals surface area contributed by atoms with Gasteiger partial charge < -0.3 is 33.2 Å². The Labute approximate surface area is 242 Å². The number of ether oxygens (including phenoxy) is 5. The maximum Gasteiger partial charge on any atom is 0.330 e. The monoisotopic (exact) mass is 584 g/mol. The van der Waals surface area contributed by atoms with E-state index in [2.05, 4.69) is 0 Å². The van der Waals surface area contributed by atoms with Crippen molar-refractivity contribution in [1.29, 1.82) is 0 Å². The van der Waals surface area contributed by atoms with Crippen LogP contribution in [0.25, 0.3) is 0 Å². The number of rotatable bonds is 5. The molecule has 7 rings (SSSR count). The second-order valence-corrected chi connectivity index (χ2v) is 13.9. The fourth-order valence-electron chi connectivity index (χ4n) is 10.1. The van der Waals surface area contributed by atoms with Crippen LogP contribution in [-0.4, -0.2) is 71.0 Å². The van der Waals surface area contributed by atoms with E-state index in [4.69, 9.17) is 28.1 Å². The molecule has 11 heteroatoms. The number of hydrogen-bond donors (Lipinski definition) is 1. The van der Waals surface area contributed by atoms with Gasteiger partial charge in [0.05, 0.1) is 44.0 Å². The van der Waals surface area contributed by atoms with Crippen LogP contribution in [0.4, 0.5) is 0 Å². The minimum Gasteiger partial charge on any atom is -0.472 e. The Hall–Kier alpha value is -3.02. The molecule has 6 fully saturated rings. The third kappa shape index (κ3) is 2.83. The minimum atomic E-state index is -2.27. The average molecular weight is 585 g/mol. The van der Waals surface area contributed by atoms with E-state index in [1.807, 2.05) is 6.92 Å². The Kier molecular flexibility index (Phi) is 5.37. The summed E-state index contributed by atoms with van der Waals surface area (Å²) in [4.78, 5) is 53.8. The third-order valence-electron chi connectivity index (χ3n) is 11.8. The van der Waals surface area contributed by atoms with Gasteiger partial charge in [0.25, 0.3) is 0 Å². The third-order valence-corrected chi connectivity index (χ3v) is 11.8. The molecule has 11 unspecified atom stereocenters. The summed E-state index contributed by atoms with van der Waals surface area (Å²) < 4.78 is 35.5. The summed E-state index contributed by atoms with van der Waals surface area (Å²) >= 11 is 0. The number of hydrogen-bond acceptors (Lipinski definition) is 11. The lowest BCUT2D eigenvalue weighted by Crippen LogP contribution is -2.83. The molecule has 2 spiro atoms. The molecule has 6 aliphatic rings. The molecule has 4 heterocycles. The number of furan rings is 1. The van der Waals surface area contributed by atoms with Crippen molar-refractivity contribution >= 4 is 23.7 Å². The molecule has 2 bridgehead atoms. The van der Waals surface area contributed by atoms with E-state index in [1.54, 1.807) is 40.0 Å². The smallest absolute Gasteiger partial charge is 0.330 e. The van der Waals surface area contributed by atoms with Gasteiger partial charge in [0.2, 0.25) is 0 Å². The lowest BCUT2D eigenvalue weighted by atomic mass is 9.36. The predicted molar refractivity (Wildman–Crippen MR) is 140 cm³/mol. The molecular formula is C31H36O11. The minimum absolute atomic E-state index is 0.0202. The molecule has 226 valence electrons. The van der Waals surface area contributed by atoms with Crippen LogP contribution in [0.15, 0.2) is 35.2 Å². The first kappa shape index (κ1) is 27.8. The number of fused-ring (bicyclic) bond motifs is 4. The first-order valence-corrected chi connectivity index (χ1v) is 14.5. The molecule has 3 saturated heterocycles. The normalized spacial score (nSPS) is 49.1. The number of ketones is 1. The van der Waals surface area contributed by atoms with Crippen molar-refractivity contribution in [3.05, 3.63) is 36.3 Å². The van der Waals surface area contributed by atoms with E-state index in [0.29, 0.717) is 12.0 Å². The second kappa shape index (κ2) is 8.12. The van der Waals surface area contributed by atoms with Gasteiger partial charge in [-0.2, -0.15) is 0 Å². The number of esters is 3. The van der Waals surface area contributed by atoms with Crippen LogP contribution in [-0.2, 0) is 42.9 Å². The molecular weight excluding hydrogens is 548 g/mol. The van der Waals surface area contributed by atoms with Crippen molar-refractivity contribution < 1.29 is 52.4 Å². The molecule has 11 atom stereocenters. The molecule has 3 saturated carbocycles. The van der Waals surface area contributed by atoms with E-state index in [-0.39, 0.29) is 12.8 Å². The van der Waals surface area contributed by atoms with Gasteiger partial charge in [-0.05, 0) is 32.3 Å². The number of methoxy groups -OCH3 is 1. The van der Waals surface area contributed by atoms with Crippen molar-refractivity contribution in [3.63, 3.8) is 0 Å². The highest BCUT2D eigenvalue weighted by Crippen LogP contribution is 2.85. The summed E-state index contributed by atoms with van der Waals surface area (Å²) in [6, 6.07) is 1.75. The topological polar surface area (TPSA) is 154 Å². The van der Waals surface area contributed by atoms with E-state index in [9.17, 15) is 24.3 Å². The quantitative estimate of drug-likeness (QED) is 0.235. The van der Waals surface area contributed by atoms with Gasteiger partial charge in [-0.1, -0.05) is 26.8 Å². The summed E-state index contributed by atoms with van der Waals surface area (Å²) in [5, 5.41) is 12.6.